The monoisotopic (exact) mass is 565 g/mol. The molecule has 2 aromatic heterocycles. The van der Waals surface area contributed by atoms with Crippen molar-refractivity contribution in [3.8, 4) is 16.9 Å². The van der Waals surface area contributed by atoms with Crippen molar-refractivity contribution in [3.63, 3.8) is 0 Å². The molecule has 33 heavy (non-hydrogen) atoms. The number of aromatic nitrogens is 4. The maximum absolute atomic E-state index is 13.2. The van der Waals surface area contributed by atoms with Crippen molar-refractivity contribution >= 4 is 48.7 Å². The first kappa shape index (κ1) is 21.7. The van der Waals surface area contributed by atoms with Crippen LogP contribution in [0.5, 0.6) is 0 Å². The zero-order chi connectivity index (χ0) is 22.8. The molecule has 0 amide bonds. The average Bonchev–Trinajstić information content (AvgIpc) is 3.40. The molecule has 5 aromatic rings. The lowest BCUT2D eigenvalue weighted by Gasteiger charge is -2.12. The minimum atomic E-state index is -0.203. The standard InChI is InChI=1S/C25H21Br2N5O/c26-18-11-17(12-19(27)13-18)23-24(28-10-4-7-16-5-2-1-3-6-16)31-25(33)32(23)20-8-9-21-22(14-20)30-15-29-21/h1-3,5-6,8-9,11-15,28H,4,7,10H2,(H,29,30)(H,31,33). The van der Waals surface area contributed by atoms with Gasteiger partial charge in [0.2, 0.25) is 0 Å². The number of anilines is 1. The number of hydrogen-bond donors (Lipinski definition) is 3. The van der Waals surface area contributed by atoms with Gasteiger partial charge in [-0.2, -0.15) is 0 Å². The van der Waals surface area contributed by atoms with Crippen LogP contribution in [0.25, 0.3) is 28.0 Å². The SMILES string of the molecule is O=c1[nH]c(NCCCc2ccccc2)c(-c2cc(Br)cc(Br)c2)n1-c1ccc2nc[nH]c2c1. The topological polar surface area (TPSA) is 78.5 Å². The Bertz CT molecular complexity index is 1450. The van der Waals surface area contributed by atoms with Gasteiger partial charge in [0.15, 0.2) is 0 Å². The Balaban J connectivity index is 1.52. The summed E-state index contributed by atoms with van der Waals surface area (Å²) in [6, 6.07) is 22.2. The number of H-pyrrole nitrogens is 2. The number of hydrogen-bond acceptors (Lipinski definition) is 3. The van der Waals surface area contributed by atoms with Crippen LogP contribution < -0.4 is 11.0 Å². The summed E-state index contributed by atoms with van der Waals surface area (Å²) in [5.41, 5.74) is 5.27. The van der Waals surface area contributed by atoms with Crippen LogP contribution in [0.4, 0.5) is 5.82 Å². The highest BCUT2D eigenvalue weighted by Gasteiger charge is 2.19. The molecule has 3 aromatic carbocycles. The zero-order valence-corrected chi connectivity index (χ0v) is 20.8. The molecule has 8 heteroatoms. The normalized spacial score (nSPS) is 11.2. The van der Waals surface area contributed by atoms with Gasteiger partial charge in [0.25, 0.3) is 0 Å². The summed E-state index contributed by atoms with van der Waals surface area (Å²) in [4.78, 5) is 23.6. The number of imidazole rings is 2. The second-order valence-electron chi connectivity index (χ2n) is 7.77. The molecule has 0 spiro atoms. The van der Waals surface area contributed by atoms with E-state index in [2.05, 4.69) is 76.4 Å². The second-order valence-corrected chi connectivity index (χ2v) is 9.60. The van der Waals surface area contributed by atoms with Crippen LogP contribution >= 0.6 is 31.9 Å². The van der Waals surface area contributed by atoms with E-state index in [0.717, 1.165) is 56.3 Å². The van der Waals surface area contributed by atoms with Gasteiger partial charge in [0, 0.05) is 21.1 Å². The van der Waals surface area contributed by atoms with Crippen molar-refractivity contribution in [1.82, 2.24) is 19.5 Å². The van der Waals surface area contributed by atoms with E-state index in [1.54, 1.807) is 10.9 Å². The van der Waals surface area contributed by atoms with Gasteiger partial charge in [-0.1, -0.05) is 62.2 Å². The summed E-state index contributed by atoms with van der Waals surface area (Å²) in [6.45, 7) is 0.733. The van der Waals surface area contributed by atoms with E-state index in [4.69, 9.17) is 0 Å². The number of rotatable bonds is 7. The number of nitrogens with zero attached hydrogens (tertiary/aromatic N) is 2. The number of fused-ring (bicyclic) bond motifs is 1. The van der Waals surface area contributed by atoms with Gasteiger partial charge >= 0.3 is 5.69 Å². The fourth-order valence-corrected chi connectivity index (χ4v) is 5.28. The fourth-order valence-electron chi connectivity index (χ4n) is 3.99. The van der Waals surface area contributed by atoms with Crippen LogP contribution in [-0.4, -0.2) is 26.1 Å². The lowest BCUT2D eigenvalue weighted by atomic mass is 10.1. The maximum Gasteiger partial charge on any atom is 0.332 e. The lowest BCUT2D eigenvalue weighted by Crippen LogP contribution is -2.15. The van der Waals surface area contributed by atoms with Crippen LogP contribution in [0.1, 0.15) is 12.0 Å². The zero-order valence-electron chi connectivity index (χ0n) is 17.6. The molecular weight excluding hydrogens is 546 g/mol. The first-order valence-electron chi connectivity index (χ1n) is 10.6. The third kappa shape index (κ3) is 4.67. The Kier molecular flexibility index (Phi) is 6.20. The van der Waals surface area contributed by atoms with Gasteiger partial charge in [-0.15, -0.1) is 0 Å². The minimum Gasteiger partial charge on any atom is -0.370 e. The predicted octanol–water partition coefficient (Wildman–Crippen LogP) is 6.28. The average molecular weight is 567 g/mol. The van der Waals surface area contributed by atoms with Crippen LogP contribution in [0.15, 0.2) is 86.8 Å². The summed E-state index contributed by atoms with van der Waals surface area (Å²) >= 11 is 7.16. The summed E-state index contributed by atoms with van der Waals surface area (Å²) < 4.78 is 3.55. The van der Waals surface area contributed by atoms with Crippen molar-refractivity contribution in [2.75, 3.05) is 11.9 Å². The molecule has 2 heterocycles. The van der Waals surface area contributed by atoms with Gasteiger partial charge in [0.1, 0.15) is 5.82 Å². The lowest BCUT2D eigenvalue weighted by molar-refractivity contribution is 0.860. The molecule has 0 saturated carbocycles. The number of aromatic amines is 2. The molecule has 5 rings (SSSR count). The molecule has 6 nitrogen and oxygen atoms in total. The van der Waals surface area contributed by atoms with E-state index >= 15 is 0 Å². The van der Waals surface area contributed by atoms with E-state index in [0.29, 0.717) is 5.82 Å². The van der Waals surface area contributed by atoms with Gasteiger partial charge in [-0.25, -0.2) is 9.78 Å². The van der Waals surface area contributed by atoms with E-state index in [9.17, 15) is 4.79 Å². The Morgan fingerprint density at radius 1 is 0.970 bits per heavy atom. The molecule has 0 unspecified atom stereocenters. The highest BCUT2D eigenvalue weighted by atomic mass is 79.9. The molecule has 166 valence electrons. The van der Waals surface area contributed by atoms with Crippen molar-refractivity contribution in [1.29, 1.82) is 0 Å². The molecule has 0 atom stereocenters. The molecular formula is C25H21Br2N5O. The van der Waals surface area contributed by atoms with E-state index in [1.807, 2.05) is 42.5 Å². The molecule has 0 aliphatic heterocycles. The van der Waals surface area contributed by atoms with Crippen LogP contribution in [0.2, 0.25) is 0 Å². The molecule has 0 radical (unpaired) electrons. The minimum absolute atomic E-state index is 0.203. The van der Waals surface area contributed by atoms with Crippen LogP contribution in [0, 0.1) is 0 Å². The molecule has 0 fully saturated rings. The van der Waals surface area contributed by atoms with Crippen molar-refractivity contribution < 1.29 is 0 Å². The van der Waals surface area contributed by atoms with E-state index in [-0.39, 0.29) is 5.69 Å². The molecule has 0 aliphatic rings. The Morgan fingerprint density at radius 3 is 2.55 bits per heavy atom. The molecule has 0 aliphatic carbocycles. The fraction of sp³-hybridized carbons (Fsp3) is 0.120. The first-order valence-corrected chi connectivity index (χ1v) is 12.2. The third-order valence-corrected chi connectivity index (χ3v) is 6.40. The second kappa shape index (κ2) is 9.41. The number of halogens is 2. The third-order valence-electron chi connectivity index (χ3n) is 5.48. The van der Waals surface area contributed by atoms with Crippen LogP contribution in [-0.2, 0) is 6.42 Å². The van der Waals surface area contributed by atoms with Gasteiger partial charge in [-0.05, 0) is 54.8 Å². The maximum atomic E-state index is 13.2. The summed E-state index contributed by atoms with van der Waals surface area (Å²) in [6.07, 6.45) is 3.56. The smallest absolute Gasteiger partial charge is 0.332 e. The number of benzene rings is 3. The Morgan fingerprint density at radius 2 is 1.76 bits per heavy atom. The molecule has 0 saturated heterocycles. The molecule has 3 N–H and O–H groups in total. The largest absolute Gasteiger partial charge is 0.370 e. The first-order chi connectivity index (χ1) is 16.1. The quantitative estimate of drug-likeness (QED) is 0.203. The van der Waals surface area contributed by atoms with Gasteiger partial charge in [-0.3, -0.25) is 9.55 Å². The van der Waals surface area contributed by atoms with Crippen LogP contribution in [0.3, 0.4) is 0 Å². The highest BCUT2D eigenvalue weighted by molar-refractivity contribution is 9.11. The Hall–Kier alpha value is -3.10. The van der Waals surface area contributed by atoms with Crippen molar-refractivity contribution in [2.45, 2.75) is 12.8 Å². The van der Waals surface area contributed by atoms with Gasteiger partial charge in [0.05, 0.1) is 28.7 Å². The summed E-state index contributed by atoms with van der Waals surface area (Å²) in [5.74, 6) is 0.697. The number of aryl methyl sites for hydroxylation is 1. The highest BCUT2D eigenvalue weighted by Crippen LogP contribution is 2.33. The predicted molar refractivity (Wildman–Crippen MR) is 140 cm³/mol. The van der Waals surface area contributed by atoms with Crippen molar-refractivity contribution in [3.05, 3.63) is 98.1 Å². The Labute approximate surface area is 207 Å². The van der Waals surface area contributed by atoms with E-state index in [1.165, 1.54) is 5.56 Å². The van der Waals surface area contributed by atoms with Gasteiger partial charge < -0.3 is 10.3 Å². The molecule has 0 bridgehead atoms. The van der Waals surface area contributed by atoms with E-state index < -0.39 is 0 Å². The summed E-state index contributed by atoms with van der Waals surface area (Å²) in [7, 11) is 0. The summed E-state index contributed by atoms with van der Waals surface area (Å²) in [5, 5.41) is 3.46. The number of nitrogens with one attached hydrogen (secondary N) is 3. The van der Waals surface area contributed by atoms with Crippen molar-refractivity contribution in [2.24, 2.45) is 0 Å².